The maximum absolute atomic E-state index is 12.8. The Hall–Kier alpha value is -2.83. The molecule has 2 heterocycles. The Balaban J connectivity index is 1.61. The average Bonchev–Trinajstić information content (AvgIpc) is 3.03. The summed E-state index contributed by atoms with van der Waals surface area (Å²) >= 11 is 12.0. The number of ketones is 1. The third kappa shape index (κ3) is 3.86. The molecule has 148 valence electrons. The van der Waals surface area contributed by atoms with Crippen LogP contribution in [0.4, 0.5) is 5.69 Å². The minimum atomic E-state index is -0.462. The van der Waals surface area contributed by atoms with E-state index in [1.807, 2.05) is 0 Å². The van der Waals surface area contributed by atoms with Crippen LogP contribution in [0.25, 0.3) is 0 Å². The summed E-state index contributed by atoms with van der Waals surface area (Å²) in [4.78, 5) is 29.1. The van der Waals surface area contributed by atoms with Gasteiger partial charge >= 0.3 is 0 Å². The van der Waals surface area contributed by atoms with E-state index < -0.39 is 5.91 Å². The lowest BCUT2D eigenvalue weighted by Gasteiger charge is -2.12. The molecular weight excluding hydrogens is 415 g/mol. The number of furan rings is 1. The van der Waals surface area contributed by atoms with Crippen LogP contribution in [0, 0.1) is 6.92 Å². The lowest BCUT2D eigenvalue weighted by molar-refractivity contribution is 0.0963. The average molecular weight is 431 g/mol. The highest BCUT2D eigenvalue weighted by Gasteiger charge is 2.29. The molecule has 1 N–H and O–H groups in total. The third-order valence-corrected chi connectivity index (χ3v) is 5.11. The molecule has 29 heavy (non-hydrogen) atoms. The number of halogens is 2. The number of hydrogen-bond acceptors (Lipinski definition) is 5. The molecule has 0 spiro atoms. The number of nitrogens with one attached hydrogen (secondary N) is 1. The summed E-state index contributed by atoms with van der Waals surface area (Å²) in [5, 5.41) is 3.40. The Bertz CT molecular complexity index is 1120. The van der Waals surface area contributed by atoms with Crippen molar-refractivity contribution in [2.45, 2.75) is 26.2 Å². The Morgan fingerprint density at radius 1 is 1.24 bits per heavy atom. The van der Waals surface area contributed by atoms with Gasteiger partial charge in [-0.05, 0) is 31.5 Å². The van der Waals surface area contributed by atoms with Gasteiger partial charge in [-0.25, -0.2) is 4.98 Å². The van der Waals surface area contributed by atoms with Crippen molar-refractivity contribution >= 4 is 40.6 Å². The first-order valence-corrected chi connectivity index (χ1v) is 9.74. The summed E-state index contributed by atoms with van der Waals surface area (Å²) in [6.45, 7) is 1.72. The minimum Gasteiger partial charge on any atom is -0.455 e. The van der Waals surface area contributed by atoms with Crippen LogP contribution in [0.1, 0.15) is 45.1 Å². The molecule has 3 aromatic rings. The SMILES string of the molecule is Cc1c(C(=O)Nc2ccccc2Oc2ncc(Cl)cc2Cl)oc2c1C(=O)CCC2. The van der Waals surface area contributed by atoms with E-state index in [1.54, 1.807) is 31.2 Å². The van der Waals surface area contributed by atoms with Gasteiger partial charge in [-0.1, -0.05) is 35.3 Å². The molecule has 6 nitrogen and oxygen atoms in total. The number of hydrogen-bond donors (Lipinski definition) is 1. The summed E-state index contributed by atoms with van der Waals surface area (Å²) in [5.74, 6) is 0.763. The zero-order valence-corrected chi connectivity index (χ0v) is 16.9. The van der Waals surface area contributed by atoms with Crippen LogP contribution in [0.5, 0.6) is 11.6 Å². The lowest BCUT2D eigenvalue weighted by atomic mass is 9.94. The van der Waals surface area contributed by atoms with Crippen LogP contribution in [0.2, 0.25) is 10.0 Å². The van der Waals surface area contributed by atoms with Crippen molar-refractivity contribution in [1.82, 2.24) is 4.98 Å². The maximum atomic E-state index is 12.8. The Morgan fingerprint density at radius 3 is 2.79 bits per heavy atom. The van der Waals surface area contributed by atoms with E-state index in [0.29, 0.717) is 46.2 Å². The van der Waals surface area contributed by atoms with E-state index >= 15 is 0 Å². The third-order valence-electron chi connectivity index (χ3n) is 4.63. The zero-order valence-electron chi connectivity index (χ0n) is 15.4. The number of amides is 1. The van der Waals surface area contributed by atoms with E-state index in [4.69, 9.17) is 32.4 Å². The number of pyridine rings is 1. The van der Waals surface area contributed by atoms with Gasteiger partial charge in [0.05, 0.1) is 16.3 Å². The van der Waals surface area contributed by atoms with E-state index in [2.05, 4.69) is 10.3 Å². The Kier molecular flexibility index (Phi) is 5.30. The van der Waals surface area contributed by atoms with Crippen LogP contribution >= 0.6 is 23.2 Å². The number of aryl methyl sites for hydroxylation is 1. The summed E-state index contributed by atoms with van der Waals surface area (Å²) in [6, 6.07) is 8.37. The smallest absolute Gasteiger partial charge is 0.291 e. The summed E-state index contributed by atoms with van der Waals surface area (Å²) < 4.78 is 11.5. The van der Waals surface area contributed by atoms with Crippen molar-refractivity contribution in [3.05, 3.63) is 69.2 Å². The molecular formula is C21H16Cl2N2O4. The molecule has 0 radical (unpaired) electrons. The maximum Gasteiger partial charge on any atom is 0.291 e. The fourth-order valence-corrected chi connectivity index (χ4v) is 3.70. The topological polar surface area (TPSA) is 81.4 Å². The van der Waals surface area contributed by atoms with Gasteiger partial charge in [-0.3, -0.25) is 9.59 Å². The molecule has 4 rings (SSSR count). The monoisotopic (exact) mass is 430 g/mol. The highest BCUT2D eigenvalue weighted by molar-refractivity contribution is 6.35. The molecule has 8 heteroatoms. The fraction of sp³-hybridized carbons (Fsp3) is 0.190. The second-order valence-corrected chi connectivity index (χ2v) is 7.47. The van der Waals surface area contributed by atoms with E-state index in [0.717, 1.165) is 6.42 Å². The van der Waals surface area contributed by atoms with Gasteiger partial charge in [0.2, 0.25) is 5.88 Å². The number of Topliss-reactive ketones (excluding diaryl/α,β-unsaturated/α-hetero) is 1. The Labute approximate surface area is 176 Å². The molecule has 1 aliphatic carbocycles. The van der Waals surface area contributed by atoms with Gasteiger partial charge < -0.3 is 14.5 Å². The summed E-state index contributed by atoms with van der Waals surface area (Å²) in [7, 11) is 0. The number of anilines is 1. The van der Waals surface area contributed by atoms with E-state index in [-0.39, 0.29) is 22.4 Å². The van der Waals surface area contributed by atoms with Crippen molar-refractivity contribution in [3.63, 3.8) is 0 Å². The molecule has 0 saturated carbocycles. The predicted octanol–water partition coefficient (Wildman–Crippen LogP) is 5.85. The first-order chi connectivity index (χ1) is 13.9. The number of carbonyl (C=O) groups excluding carboxylic acids is 2. The van der Waals surface area contributed by atoms with Crippen LogP contribution in [0.15, 0.2) is 40.9 Å². The van der Waals surface area contributed by atoms with Crippen molar-refractivity contribution in [1.29, 1.82) is 0 Å². The molecule has 0 bridgehead atoms. The Morgan fingerprint density at radius 2 is 2.03 bits per heavy atom. The predicted molar refractivity (Wildman–Crippen MR) is 109 cm³/mol. The molecule has 1 aliphatic rings. The van der Waals surface area contributed by atoms with Crippen molar-refractivity contribution in [2.75, 3.05) is 5.32 Å². The molecule has 1 aromatic carbocycles. The number of para-hydroxylation sites is 2. The van der Waals surface area contributed by atoms with Crippen LogP contribution in [0.3, 0.4) is 0 Å². The molecule has 0 atom stereocenters. The highest BCUT2D eigenvalue weighted by Crippen LogP contribution is 2.34. The number of carbonyl (C=O) groups is 2. The molecule has 0 fully saturated rings. The number of ether oxygens (including phenoxy) is 1. The van der Waals surface area contributed by atoms with Gasteiger partial charge in [0, 0.05) is 24.6 Å². The second kappa shape index (κ2) is 7.89. The van der Waals surface area contributed by atoms with Gasteiger partial charge in [0.1, 0.15) is 10.8 Å². The first-order valence-electron chi connectivity index (χ1n) is 8.98. The molecule has 1 amide bonds. The van der Waals surface area contributed by atoms with Gasteiger partial charge in [-0.15, -0.1) is 0 Å². The normalized spacial score (nSPS) is 13.1. The number of fused-ring (bicyclic) bond motifs is 1. The number of aromatic nitrogens is 1. The number of nitrogens with zero attached hydrogens (tertiary/aromatic N) is 1. The van der Waals surface area contributed by atoms with E-state index in [9.17, 15) is 9.59 Å². The fourth-order valence-electron chi connectivity index (χ4n) is 3.28. The van der Waals surface area contributed by atoms with Gasteiger partial charge in [0.15, 0.2) is 17.3 Å². The van der Waals surface area contributed by atoms with Crippen LogP contribution < -0.4 is 10.1 Å². The highest BCUT2D eigenvalue weighted by atomic mass is 35.5. The number of benzene rings is 1. The van der Waals surface area contributed by atoms with Crippen LogP contribution in [-0.4, -0.2) is 16.7 Å². The van der Waals surface area contributed by atoms with Crippen LogP contribution in [-0.2, 0) is 6.42 Å². The molecule has 0 unspecified atom stereocenters. The molecule has 2 aromatic heterocycles. The summed E-state index contributed by atoms with van der Waals surface area (Å²) in [6.07, 6.45) is 3.26. The van der Waals surface area contributed by atoms with Crippen molar-refractivity contribution in [2.24, 2.45) is 0 Å². The largest absolute Gasteiger partial charge is 0.455 e. The van der Waals surface area contributed by atoms with Gasteiger partial charge in [0.25, 0.3) is 5.91 Å². The van der Waals surface area contributed by atoms with Gasteiger partial charge in [-0.2, -0.15) is 0 Å². The first kappa shape index (κ1) is 19.5. The standard InChI is InChI=1S/C21H16Cl2N2O4/c1-11-18-15(26)6-4-8-17(18)28-19(11)20(27)25-14-5-2-3-7-16(14)29-21-13(23)9-12(22)10-24-21/h2-3,5,7,9-10H,4,6,8H2,1H3,(H,25,27). The number of rotatable bonds is 4. The lowest BCUT2D eigenvalue weighted by Crippen LogP contribution is -2.13. The minimum absolute atomic E-state index is 0.0127. The molecule has 0 aliphatic heterocycles. The zero-order chi connectivity index (χ0) is 20.5. The second-order valence-electron chi connectivity index (χ2n) is 6.62. The summed E-state index contributed by atoms with van der Waals surface area (Å²) in [5.41, 5.74) is 1.50. The van der Waals surface area contributed by atoms with Crippen molar-refractivity contribution in [3.8, 4) is 11.6 Å². The van der Waals surface area contributed by atoms with Crippen molar-refractivity contribution < 1.29 is 18.7 Å². The quantitative estimate of drug-likeness (QED) is 0.560. The molecule has 0 saturated heterocycles. The van der Waals surface area contributed by atoms with E-state index in [1.165, 1.54) is 12.3 Å².